The van der Waals surface area contributed by atoms with Gasteiger partial charge in [0.2, 0.25) is 0 Å². The Hall–Kier alpha value is -15.0. The molecule has 0 atom stereocenters. The van der Waals surface area contributed by atoms with Gasteiger partial charge in [0.15, 0.2) is 0 Å². The lowest BCUT2D eigenvalue weighted by Crippen LogP contribution is -1.92. The van der Waals surface area contributed by atoms with E-state index in [1.54, 1.807) is 0 Å². The number of hydrogen-bond donors (Lipinski definition) is 0. The average molecular weight is 1440 g/mol. The van der Waals surface area contributed by atoms with Gasteiger partial charge >= 0.3 is 0 Å². The molecule has 0 unspecified atom stereocenters. The van der Waals surface area contributed by atoms with Gasteiger partial charge in [-0.05, 0) is 258 Å². The van der Waals surface area contributed by atoms with E-state index in [9.17, 15) is 0 Å². The minimum atomic E-state index is 0.860. The Kier molecular flexibility index (Phi) is 14.2. The van der Waals surface area contributed by atoms with Crippen LogP contribution in [0.1, 0.15) is 0 Å². The van der Waals surface area contributed by atoms with Crippen molar-refractivity contribution in [1.82, 2.24) is 0 Å². The standard InChI is InChI=1S/C112H66O2/c1-2-24-68-59-72(52-51-67(68)23-1)69-25-17-29-77(60-69)105-91-38-8-10-40-93(91)106(94-41-11-9-39-92(94)105)78-30-19-27-71(62-78)74-54-58-101-104(66-74)114-112-102-64-76(55-56-88(102)86-34-4-7-37-90(86)110(101)112)82-48-22-49-83-81(47-21-50-84(82)83)75-28-20-32-80(63-75)108-97-44-14-12-42-95(97)107(96-43-13-15-45-98(96)108)79-31-18-26-70(61-79)73-53-57-100-103(65-73)113-111-99-46-16-5-35-87(99)85-33-3-6-36-89(85)109(100)111/h1-66H. The third kappa shape index (κ3) is 9.88. The van der Waals surface area contributed by atoms with Crippen molar-refractivity contribution in [3.63, 3.8) is 0 Å². The fourth-order valence-corrected chi connectivity index (χ4v) is 19.5. The highest BCUT2D eigenvalue weighted by Gasteiger charge is 2.24. The van der Waals surface area contributed by atoms with Gasteiger partial charge in [0.25, 0.3) is 0 Å². The molecule has 2 nitrogen and oxygen atoms in total. The highest BCUT2D eigenvalue weighted by Crippen LogP contribution is 2.51. The van der Waals surface area contributed by atoms with Crippen LogP contribution in [0.15, 0.2) is 409 Å². The van der Waals surface area contributed by atoms with Crippen LogP contribution in [-0.2, 0) is 0 Å². The Bertz CT molecular complexity index is 8130. The summed E-state index contributed by atoms with van der Waals surface area (Å²) in [6.07, 6.45) is 0. The maximum atomic E-state index is 7.32. The summed E-state index contributed by atoms with van der Waals surface area (Å²) in [5, 5.41) is 28.6. The SMILES string of the molecule is c1cc(-c2ccc3ccccc3c2)cc(-c2c3ccccc3c(-c3cccc(-c4ccc5c(c4)oc4c6cc(-c7cccc8c(-c9cccc(-c%10c%11ccccc%11c(-c%11cccc(-c%12ccc%13c(c%12)oc%12c%14ccccc%14c%14ccccc%14c%13%12)c%11)c%11ccccc%10%11)c9)cccc78)ccc6c6ccccc6c54)c3)c3ccccc23)c1. The van der Waals surface area contributed by atoms with Crippen LogP contribution in [0.2, 0.25) is 0 Å². The Labute approximate surface area is 656 Å². The number of fused-ring (bicyclic) bond motifs is 22. The lowest BCUT2D eigenvalue weighted by atomic mass is 9.84. The molecule has 0 radical (unpaired) electrons. The molecule has 0 aliphatic rings. The molecule has 2 heteroatoms. The molecule has 0 saturated carbocycles. The van der Waals surface area contributed by atoms with Crippen molar-refractivity contribution in [2.24, 2.45) is 0 Å². The molecule has 526 valence electrons. The number of hydrogen-bond acceptors (Lipinski definition) is 2. The quantitative estimate of drug-likeness (QED) is 0.106. The molecule has 0 N–H and O–H groups in total. The van der Waals surface area contributed by atoms with Gasteiger partial charge < -0.3 is 8.83 Å². The van der Waals surface area contributed by atoms with Crippen LogP contribution in [0.4, 0.5) is 0 Å². The fraction of sp³-hybridized carbons (Fsp3) is 0. The van der Waals surface area contributed by atoms with Gasteiger partial charge in [-0.1, -0.05) is 340 Å². The van der Waals surface area contributed by atoms with Crippen molar-refractivity contribution >= 4 is 152 Å². The lowest BCUT2D eigenvalue weighted by Gasteiger charge is -2.19. The van der Waals surface area contributed by atoms with E-state index in [0.717, 1.165) is 88.0 Å². The Morgan fingerprint density at radius 2 is 0.404 bits per heavy atom. The van der Waals surface area contributed by atoms with Gasteiger partial charge in [0.1, 0.15) is 22.3 Å². The summed E-state index contributed by atoms with van der Waals surface area (Å²) in [6, 6.07) is 148. The first kappa shape index (κ1) is 63.9. The van der Waals surface area contributed by atoms with Crippen LogP contribution in [-0.4, -0.2) is 0 Å². The number of rotatable bonds is 9. The summed E-state index contributed by atoms with van der Waals surface area (Å²) in [6.45, 7) is 0. The van der Waals surface area contributed by atoms with Gasteiger partial charge in [-0.3, -0.25) is 0 Å². The summed E-state index contributed by atoms with van der Waals surface area (Å²) >= 11 is 0. The normalized spacial score (nSPS) is 12.0. The molecule has 2 aromatic heterocycles. The molecule has 114 heavy (non-hydrogen) atoms. The third-order valence-electron chi connectivity index (χ3n) is 24.6. The smallest absolute Gasteiger partial charge is 0.143 e. The third-order valence-corrected chi connectivity index (χ3v) is 24.6. The zero-order chi connectivity index (χ0) is 74.6. The molecule has 22 aromatic carbocycles. The molecular weight excluding hydrogens is 1380 g/mol. The number of benzene rings is 22. The Balaban J connectivity index is 0.581. The minimum absolute atomic E-state index is 0.860. The van der Waals surface area contributed by atoms with Gasteiger partial charge in [0, 0.05) is 32.3 Å². The molecule has 0 aliphatic carbocycles. The Morgan fingerprint density at radius 3 is 0.842 bits per heavy atom. The number of furan rings is 2. The molecule has 0 spiro atoms. The topological polar surface area (TPSA) is 26.3 Å². The van der Waals surface area contributed by atoms with Crippen molar-refractivity contribution in [2.75, 3.05) is 0 Å². The first-order valence-corrected chi connectivity index (χ1v) is 39.4. The van der Waals surface area contributed by atoms with E-state index < -0.39 is 0 Å². The first-order chi connectivity index (χ1) is 56.5. The summed E-state index contributed by atoms with van der Waals surface area (Å²) in [5.41, 5.74) is 24.7. The predicted octanol–water partition coefficient (Wildman–Crippen LogP) is 32.0. The van der Waals surface area contributed by atoms with E-state index in [-0.39, 0.29) is 0 Å². The van der Waals surface area contributed by atoms with Gasteiger partial charge in [0.05, 0.1) is 0 Å². The monoisotopic (exact) mass is 1440 g/mol. The zero-order valence-electron chi connectivity index (χ0n) is 61.9. The zero-order valence-corrected chi connectivity index (χ0v) is 61.9. The van der Waals surface area contributed by atoms with E-state index in [2.05, 4.69) is 400 Å². The van der Waals surface area contributed by atoms with E-state index in [4.69, 9.17) is 8.83 Å². The summed E-state index contributed by atoms with van der Waals surface area (Å²) < 4.78 is 14.2. The molecule has 24 aromatic rings. The second-order valence-corrected chi connectivity index (χ2v) is 30.7. The van der Waals surface area contributed by atoms with Crippen molar-refractivity contribution in [2.45, 2.75) is 0 Å². The molecule has 0 amide bonds. The fourth-order valence-electron chi connectivity index (χ4n) is 19.5. The van der Waals surface area contributed by atoms with Crippen LogP contribution in [0.5, 0.6) is 0 Å². The highest BCUT2D eigenvalue weighted by atomic mass is 16.3. The maximum absolute atomic E-state index is 7.32. The van der Waals surface area contributed by atoms with E-state index >= 15 is 0 Å². The van der Waals surface area contributed by atoms with Crippen LogP contribution >= 0.6 is 0 Å². The van der Waals surface area contributed by atoms with E-state index in [1.807, 2.05) is 0 Å². The first-order valence-electron chi connectivity index (χ1n) is 39.4. The van der Waals surface area contributed by atoms with Crippen molar-refractivity contribution < 1.29 is 8.83 Å². The summed E-state index contributed by atoms with van der Waals surface area (Å²) in [4.78, 5) is 0. The van der Waals surface area contributed by atoms with Crippen LogP contribution in [0, 0.1) is 0 Å². The largest absolute Gasteiger partial charge is 0.455 e. The molecule has 0 bridgehead atoms. The van der Waals surface area contributed by atoms with Crippen molar-refractivity contribution in [3.8, 4) is 100 Å². The van der Waals surface area contributed by atoms with E-state index in [1.165, 1.54) is 164 Å². The van der Waals surface area contributed by atoms with Gasteiger partial charge in [-0.2, -0.15) is 0 Å². The molecule has 0 fully saturated rings. The van der Waals surface area contributed by atoms with Crippen molar-refractivity contribution in [1.29, 1.82) is 0 Å². The Morgan fingerprint density at radius 1 is 0.132 bits per heavy atom. The second-order valence-electron chi connectivity index (χ2n) is 30.7. The van der Waals surface area contributed by atoms with E-state index in [0.29, 0.717) is 0 Å². The maximum Gasteiger partial charge on any atom is 0.143 e. The second kappa shape index (κ2) is 25.3. The average Bonchev–Trinajstić information content (AvgIpc) is 1.54. The van der Waals surface area contributed by atoms with Crippen LogP contribution < -0.4 is 0 Å². The highest BCUT2D eigenvalue weighted by molar-refractivity contribution is 6.33. The van der Waals surface area contributed by atoms with Crippen LogP contribution in [0.25, 0.3) is 252 Å². The molecule has 2 heterocycles. The predicted molar refractivity (Wildman–Crippen MR) is 485 cm³/mol. The van der Waals surface area contributed by atoms with Gasteiger partial charge in [-0.15, -0.1) is 0 Å². The molecule has 0 saturated heterocycles. The summed E-state index contributed by atoms with van der Waals surface area (Å²) in [7, 11) is 0. The molecule has 0 aliphatic heterocycles. The molecule has 24 rings (SSSR count). The minimum Gasteiger partial charge on any atom is -0.455 e. The van der Waals surface area contributed by atoms with Crippen LogP contribution in [0.3, 0.4) is 0 Å². The molecular formula is C112H66O2. The van der Waals surface area contributed by atoms with Gasteiger partial charge in [-0.25, -0.2) is 0 Å². The van der Waals surface area contributed by atoms with Crippen molar-refractivity contribution in [3.05, 3.63) is 400 Å². The summed E-state index contributed by atoms with van der Waals surface area (Å²) in [5.74, 6) is 0. The lowest BCUT2D eigenvalue weighted by molar-refractivity contribution is 0.672.